The Labute approximate surface area is 140 Å². The van der Waals surface area contributed by atoms with Crippen LogP contribution >= 0.6 is 23.8 Å². The van der Waals surface area contributed by atoms with Crippen LogP contribution in [-0.2, 0) is 6.54 Å². The number of nitrogens with one attached hydrogen (secondary N) is 2. The Morgan fingerprint density at radius 1 is 1.36 bits per heavy atom. The van der Waals surface area contributed by atoms with Gasteiger partial charge in [0, 0.05) is 11.1 Å². The Hall–Kier alpha value is -1.59. The first kappa shape index (κ1) is 15.3. The molecule has 1 aliphatic rings. The molecule has 1 fully saturated rings. The van der Waals surface area contributed by atoms with Crippen LogP contribution in [0.4, 0.5) is 5.69 Å². The molecule has 6 heteroatoms. The second-order valence-corrected chi connectivity index (χ2v) is 6.48. The van der Waals surface area contributed by atoms with E-state index in [4.69, 9.17) is 23.8 Å². The van der Waals surface area contributed by atoms with Gasteiger partial charge in [0.15, 0.2) is 5.11 Å². The lowest BCUT2D eigenvalue weighted by Gasteiger charge is -2.10. The van der Waals surface area contributed by atoms with E-state index >= 15 is 0 Å². The summed E-state index contributed by atoms with van der Waals surface area (Å²) in [6, 6.07) is 8.38. The van der Waals surface area contributed by atoms with Crippen LogP contribution in [0.2, 0.25) is 5.02 Å². The lowest BCUT2D eigenvalue weighted by atomic mass is 10.2. The lowest BCUT2D eigenvalue weighted by molar-refractivity contribution is 0.659. The summed E-state index contributed by atoms with van der Waals surface area (Å²) in [6.45, 7) is 4.67. The molecule has 0 bridgehead atoms. The molecular formula is C16H19ClN4S. The topological polar surface area (TPSA) is 41.9 Å². The van der Waals surface area contributed by atoms with E-state index in [-0.39, 0.29) is 0 Å². The molecule has 2 N–H and O–H groups in total. The first-order valence-electron chi connectivity index (χ1n) is 7.39. The molecule has 1 aromatic carbocycles. The van der Waals surface area contributed by atoms with Crippen LogP contribution in [0.15, 0.2) is 24.3 Å². The van der Waals surface area contributed by atoms with E-state index in [1.54, 1.807) is 0 Å². The van der Waals surface area contributed by atoms with Gasteiger partial charge in [-0.1, -0.05) is 29.8 Å². The zero-order valence-corrected chi connectivity index (χ0v) is 14.3. The van der Waals surface area contributed by atoms with Crippen LogP contribution in [0.3, 0.4) is 0 Å². The van der Waals surface area contributed by atoms with Gasteiger partial charge in [0.25, 0.3) is 0 Å². The van der Waals surface area contributed by atoms with Gasteiger partial charge in [-0.05, 0) is 50.5 Å². The molecule has 0 radical (unpaired) electrons. The largest absolute Gasteiger partial charge is 0.360 e. The minimum Gasteiger partial charge on any atom is -0.360 e. The number of aromatic nitrogens is 2. The van der Waals surface area contributed by atoms with Crippen molar-refractivity contribution in [3.63, 3.8) is 0 Å². The van der Waals surface area contributed by atoms with Gasteiger partial charge in [0.2, 0.25) is 0 Å². The van der Waals surface area contributed by atoms with Crippen molar-refractivity contribution in [1.29, 1.82) is 0 Å². The SMILES string of the molecule is Cc1nn(Cc2ccccc2Cl)c(C)c1NC(=S)NC1CC1. The summed E-state index contributed by atoms with van der Waals surface area (Å²) in [5.41, 5.74) is 4.02. The maximum atomic E-state index is 6.23. The molecule has 2 aromatic rings. The quantitative estimate of drug-likeness (QED) is 0.837. The number of hydrogen-bond donors (Lipinski definition) is 2. The summed E-state index contributed by atoms with van der Waals surface area (Å²) >= 11 is 11.6. The Bertz CT molecular complexity index is 706. The second-order valence-electron chi connectivity index (χ2n) is 5.67. The summed E-state index contributed by atoms with van der Waals surface area (Å²) < 4.78 is 1.96. The third-order valence-electron chi connectivity index (χ3n) is 3.81. The van der Waals surface area contributed by atoms with Crippen molar-refractivity contribution in [2.24, 2.45) is 0 Å². The Balaban J connectivity index is 1.77. The molecule has 1 aliphatic carbocycles. The second kappa shape index (κ2) is 6.26. The number of rotatable bonds is 4. The van der Waals surface area contributed by atoms with Crippen LogP contribution in [0.5, 0.6) is 0 Å². The molecule has 1 heterocycles. The fourth-order valence-corrected chi connectivity index (χ4v) is 2.85. The highest BCUT2D eigenvalue weighted by molar-refractivity contribution is 7.80. The maximum absolute atomic E-state index is 6.23. The van der Waals surface area contributed by atoms with Crippen molar-refractivity contribution in [2.45, 2.75) is 39.3 Å². The van der Waals surface area contributed by atoms with Crippen molar-refractivity contribution < 1.29 is 0 Å². The number of halogens is 1. The van der Waals surface area contributed by atoms with Gasteiger partial charge in [-0.15, -0.1) is 0 Å². The van der Waals surface area contributed by atoms with E-state index < -0.39 is 0 Å². The maximum Gasteiger partial charge on any atom is 0.171 e. The zero-order chi connectivity index (χ0) is 15.7. The van der Waals surface area contributed by atoms with Gasteiger partial charge in [0.05, 0.1) is 23.6 Å². The Morgan fingerprint density at radius 2 is 2.09 bits per heavy atom. The molecule has 1 aromatic heterocycles. The molecule has 4 nitrogen and oxygen atoms in total. The van der Waals surface area contributed by atoms with Crippen molar-refractivity contribution >= 4 is 34.6 Å². The molecule has 22 heavy (non-hydrogen) atoms. The third-order valence-corrected chi connectivity index (χ3v) is 4.40. The molecule has 0 saturated heterocycles. The first-order valence-corrected chi connectivity index (χ1v) is 8.18. The first-order chi connectivity index (χ1) is 10.5. The van der Waals surface area contributed by atoms with E-state index in [2.05, 4.69) is 15.7 Å². The summed E-state index contributed by atoms with van der Waals surface area (Å²) in [5, 5.41) is 12.6. The Kier molecular flexibility index (Phi) is 4.36. The molecule has 0 aliphatic heterocycles. The minimum absolute atomic E-state index is 0.541. The highest BCUT2D eigenvalue weighted by Gasteiger charge is 2.22. The van der Waals surface area contributed by atoms with Crippen LogP contribution in [0.25, 0.3) is 0 Å². The highest BCUT2D eigenvalue weighted by Crippen LogP contribution is 2.23. The predicted octanol–water partition coefficient (Wildman–Crippen LogP) is 3.65. The summed E-state index contributed by atoms with van der Waals surface area (Å²) in [5.74, 6) is 0. The molecule has 3 rings (SSSR count). The van der Waals surface area contributed by atoms with Gasteiger partial charge in [-0.3, -0.25) is 4.68 Å². The van der Waals surface area contributed by atoms with Crippen LogP contribution < -0.4 is 10.6 Å². The predicted molar refractivity (Wildman–Crippen MR) is 94.6 cm³/mol. The lowest BCUT2D eigenvalue weighted by Crippen LogP contribution is -2.30. The van der Waals surface area contributed by atoms with E-state index in [1.807, 2.05) is 42.8 Å². The molecule has 0 spiro atoms. The third kappa shape index (κ3) is 3.42. The van der Waals surface area contributed by atoms with Crippen LogP contribution in [0, 0.1) is 13.8 Å². The average Bonchev–Trinajstić information content (AvgIpc) is 3.25. The fourth-order valence-electron chi connectivity index (χ4n) is 2.38. The number of hydrogen-bond acceptors (Lipinski definition) is 2. The molecule has 0 unspecified atom stereocenters. The average molecular weight is 335 g/mol. The highest BCUT2D eigenvalue weighted by atomic mass is 35.5. The summed E-state index contributed by atoms with van der Waals surface area (Å²) in [6.07, 6.45) is 2.40. The molecule has 0 atom stereocenters. The Morgan fingerprint density at radius 3 is 2.77 bits per heavy atom. The van der Waals surface area contributed by atoms with Crippen molar-refractivity contribution in [2.75, 3.05) is 5.32 Å². The number of thiocarbonyl (C=S) groups is 1. The molecule has 116 valence electrons. The van der Waals surface area contributed by atoms with Gasteiger partial charge in [0.1, 0.15) is 0 Å². The van der Waals surface area contributed by atoms with Crippen molar-refractivity contribution in [1.82, 2.24) is 15.1 Å². The van der Waals surface area contributed by atoms with Crippen molar-refractivity contribution in [3.05, 3.63) is 46.2 Å². The molecule has 0 amide bonds. The number of nitrogens with zero attached hydrogens (tertiary/aromatic N) is 2. The zero-order valence-electron chi connectivity index (χ0n) is 12.7. The summed E-state index contributed by atoms with van der Waals surface area (Å²) in [7, 11) is 0. The van der Waals surface area contributed by atoms with Crippen LogP contribution in [-0.4, -0.2) is 20.9 Å². The van der Waals surface area contributed by atoms with Gasteiger partial charge in [-0.2, -0.15) is 5.10 Å². The minimum atomic E-state index is 0.541. The molecular weight excluding hydrogens is 316 g/mol. The normalized spacial score (nSPS) is 14.0. The molecule has 1 saturated carbocycles. The smallest absolute Gasteiger partial charge is 0.171 e. The summed E-state index contributed by atoms with van der Waals surface area (Å²) in [4.78, 5) is 0. The van der Waals surface area contributed by atoms with E-state index in [1.165, 1.54) is 12.8 Å². The van der Waals surface area contributed by atoms with Gasteiger partial charge >= 0.3 is 0 Å². The van der Waals surface area contributed by atoms with Gasteiger partial charge in [-0.25, -0.2) is 0 Å². The van der Waals surface area contributed by atoms with Crippen LogP contribution in [0.1, 0.15) is 29.8 Å². The van der Waals surface area contributed by atoms with Crippen molar-refractivity contribution in [3.8, 4) is 0 Å². The standard InChI is InChI=1S/C16H19ClN4S/c1-10-15(19-16(22)18-13-7-8-13)11(2)21(20-10)9-12-5-3-4-6-14(12)17/h3-6,13H,7-9H2,1-2H3,(H2,18,19,22). The number of aryl methyl sites for hydroxylation is 1. The van der Waals surface area contributed by atoms with E-state index in [9.17, 15) is 0 Å². The van der Waals surface area contributed by atoms with E-state index in [0.29, 0.717) is 17.7 Å². The number of benzene rings is 1. The number of anilines is 1. The fraction of sp³-hybridized carbons (Fsp3) is 0.375. The van der Waals surface area contributed by atoms with E-state index in [0.717, 1.165) is 27.7 Å². The van der Waals surface area contributed by atoms with Gasteiger partial charge < -0.3 is 10.6 Å². The monoisotopic (exact) mass is 334 g/mol.